The van der Waals surface area contributed by atoms with Crippen molar-refractivity contribution in [2.24, 2.45) is 0 Å². The van der Waals surface area contributed by atoms with E-state index in [4.69, 9.17) is 0 Å². The quantitative estimate of drug-likeness (QED) is 0.686. The van der Waals surface area contributed by atoms with E-state index < -0.39 is 11.8 Å². The molecule has 0 aliphatic carbocycles. The first-order valence-corrected chi connectivity index (χ1v) is 8.70. The van der Waals surface area contributed by atoms with E-state index in [0.717, 1.165) is 17.0 Å². The molecule has 0 radical (unpaired) electrons. The van der Waals surface area contributed by atoms with Crippen molar-refractivity contribution < 1.29 is 9.18 Å². The maximum absolute atomic E-state index is 13.6. The molecule has 2 amide bonds. The Balaban J connectivity index is 1.69. The van der Waals surface area contributed by atoms with Crippen LogP contribution in [0.5, 0.6) is 0 Å². The number of urea groups is 1. The number of nitrogens with zero attached hydrogens (tertiary/aromatic N) is 2. The minimum absolute atomic E-state index is 0.112. The van der Waals surface area contributed by atoms with Crippen molar-refractivity contribution >= 4 is 28.2 Å². The molecule has 0 aliphatic heterocycles. The third-order valence-electron chi connectivity index (χ3n) is 3.69. The Kier molecular flexibility index (Phi) is 5.35. The van der Waals surface area contributed by atoms with E-state index in [-0.39, 0.29) is 11.6 Å². The van der Waals surface area contributed by atoms with Crippen LogP contribution in [0.15, 0.2) is 54.6 Å². The molecule has 0 aliphatic rings. The number of halogens is 1. The van der Waals surface area contributed by atoms with Crippen LogP contribution in [0, 0.1) is 5.82 Å². The van der Waals surface area contributed by atoms with Crippen LogP contribution in [-0.4, -0.2) is 16.2 Å². The lowest BCUT2D eigenvalue weighted by Crippen LogP contribution is -2.19. The minimum Gasteiger partial charge on any atom is -0.305 e. The van der Waals surface area contributed by atoms with Gasteiger partial charge in [0.25, 0.3) is 0 Å². The number of nitrogens with one attached hydrogen (secondary N) is 2. The summed E-state index contributed by atoms with van der Waals surface area (Å²) < 4.78 is 13.6. The van der Waals surface area contributed by atoms with Crippen LogP contribution in [0.1, 0.15) is 29.8 Å². The Labute approximate surface area is 148 Å². The molecule has 3 rings (SSSR count). The second kappa shape index (κ2) is 7.85. The van der Waals surface area contributed by atoms with Gasteiger partial charge in [0.05, 0.1) is 5.69 Å². The van der Waals surface area contributed by atoms with Gasteiger partial charge in [-0.05, 0) is 24.1 Å². The molecule has 0 saturated heterocycles. The summed E-state index contributed by atoms with van der Waals surface area (Å²) in [6.07, 6.45) is 0.875. The summed E-state index contributed by atoms with van der Waals surface area (Å²) in [7, 11) is 0. The van der Waals surface area contributed by atoms with Crippen molar-refractivity contribution in [3.63, 3.8) is 0 Å². The molecule has 2 N–H and O–H groups in total. The zero-order valence-electron chi connectivity index (χ0n) is 13.6. The van der Waals surface area contributed by atoms with Crippen molar-refractivity contribution in [2.75, 3.05) is 10.6 Å². The summed E-state index contributed by atoms with van der Waals surface area (Å²) in [6, 6.07) is 15.5. The van der Waals surface area contributed by atoms with Gasteiger partial charge in [0.15, 0.2) is 0 Å². The van der Waals surface area contributed by atoms with Crippen LogP contribution < -0.4 is 10.6 Å². The monoisotopic (exact) mass is 356 g/mol. The maximum Gasteiger partial charge on any atom is 0.325 e. The number of carbonyl (C=O) groups is 1. The molecule has 0 fully saturated rings. The van der Waals surface area contributed by atoms with E-state index in [1.165, 1.54) is 23.5 Å². The van der Waals surface area contributed by atoms with Crippen LogP contribution in [0.3, 0.4) is 0 Å². The van der Waals surface area contributed by atoms with Gasteiger partial charge < -0.3 is 5.32 Å². The third kappa shape index (κ3) is 4.19. The van der Waals surface area contributed by atoms with Gasteiger partial charge in [0, 0.05) is 5.92 Å². The van der Waals surface area contributed by atoms with Crippen LogP contribution >= 0.6 is 11.3 Å². The molecule has 2 aromatic carbocycles. The fraction of sp³-hybridized carbons (Fsp3) is 0.167. The highest BCUT2D eigenvalue weighted by molar-refractivity contribution is 7.15. The topological polar surface area (TPSA) is 66.9 Å². The standard InChI is InChI=1S/C18H17FN4OS/c1-2-13(12-8-4-3-5-9-12)16-22-23-18(25-16)21-17(24)20-15-11-7-6-10-14(15)19/h3-11,13H,2H2,1H3,(H2,20,21,23,24)/t13-/m1/s1. The fourth-order valence-electron chi connectivity index (χ4n) is 2.48. The summed E-state index contributed by atoms with van der Waals surface area (Å²) in [5.74, 6) is -0.366. The van der Waals surface area contributed by atoms with E-state index in [2.05, 4.69) is 27.8 Å². The van der Waals surface area contributed by atoms with E-state index in [1.54, 1.807) is 12.1 Å². The average molecular weight is 356 g/mol. The highest BCUT2D eigenvalue weighted by atomic mass is 32.1. The Morgan fingerprint density at radius 2 is 1.80 bits per heavy atom. The molecule has 0 saturated carbocycles. The predicted octanol–water partition coefficient (Wildman–Crippen LogP) is 4.86. The zero-order chi connectivity index (χ0) is 17.6. The van der Waals surface area contributed by atoms with Crippen LogP contribution in [-0.2, 0) is 0 Å². The first-order chi connectivity index (χ1) is 12.2. The van der Waals surface area contributed by atoms with Crippen molar-refractivity contribution in [3.05, 3.63) is 71.0 Å². The highest BCUT2D eigenvalue weighted by Crippen LogP contribution is 2.31. The molecule has 0 unspecified atom stereocenters. The number of aromatic nitrogens is 2. The lowest BCUT2D eigenvalue weighted by Gasteiger charge is -2.11. The lowest BCUT2D eigenvalue weighted by atomic mass is 9.97. The minimum atomic E-state index is -0.555. The number of anilines is 2. The first-order valence-electron chi connectivity index (χ1n) is 7.88. The van der Waals surface area contributed by atoms with E-state index in [1.807, 2.05) is 30.3 Å². The molecule has 0 bridgehead atoms. The Hall–Kier alpha value is -2.80. The van der Waals surface area contributed by atoms with Crippen molar-refractivity contribution in [1.82, 2.24) is 10.2 Å². The molecule has 0 spiro atoms. The smallest absolute Gasteiger partial charge is 0.305 e. The zero-order valence-corrected chi connectivity index (χ0v) is 14.4. The van der Waals surface area contributed by atoms with Crippen molar-refractivity contribution in [3.8, 4) is 0 Å². The van der Waals surface area contributed by atoms with Crippen LogP contribution in [0.2, 0.25) is 0 Å². The number of rotatable bonds is 5. The van der Waals surface area contributed by atoms with Gasteiger partial charge in [-0.1, -0.05) is 60.7 Å². The van der Waals surface area contributed by atoms with E-state index in [0.29, 0.717) is 5.13 Å². The maximum atomic E-state index is 13.6. The van der Waals surface area contributed by atoms with Gasteiger partial charge in [-0.2, -0.15) is 0 Å². The van der Waals surface area contributed by atoms with Gasteiger partial charge in [-0.25, -0.2) is 9.18 Å². The van der Waals surface area contributed by atoms with Crippen LogP contribution in [0.25, 0.3) is 0 Å². The van der Waals surface area contributed by atoms with Gasteiger partial charge in [-0.15, -0.1) is 10.2 Å². The summed E-state index contributed by atoms with van der Waals surface area (Å²) in [4.78, 5) is 12.0. The highest BCUT2D eigenvalue weighted by Gasteiger charge is 2.18. The molecule has 1 atom stereocenters. The number of carbonyl (C=O) groups excluding carboxylic acids is 1. The number of amides is 2. The second-order valence-electron chi connectivity index (χ2n) is 5.38. The molecule has 1 heterocycles. The average Bonchev–Trinajstić information content (AvgIpc) is 3.06. The van der Waals surface area contributed by atoms with Crippen LogP contribution in [0.4, 0.5) is 20.0 Å². The van der Waals surface area contributed by atoms with E-state index >= 15 is 0 Å². The molecule has 1 aromatic heterocycles. The molecule has 5 nitrogen and oxygen atoms in total. The largest absolute Gasteiger partial charge is 0.325 e. The van der Waals surface area contributed by atoms with Crippen molar-refractivity contribution in [2.45, 2.75) is 19.3 Å². The van der Waals surface area contributed by atoms with Crippen molar-refractivity contribution in [1.29, 1.82) is 0 Å². The summed E-state index contributed by atoms with van der Waals surface area (Å²) in [5, 5.41) is 14.5. The fourth-order valence-corrected chi connectivity index (χ4v) is 3.43. The number of hydrogen-bond acceptors (Lipinski definition) is 4. The van der Waals surface area contributed by atoms with Gasteiger partial charge in [-0.3, -0.25) is 5.32 Å². The summed E-state index contributed by atoms with van der Waals surface area (Å²) >= 11 is 1.32. The van der Waals surface area contributed by atoms with Gasteiger partial charge in [0.2, 0.25) is 5.13 Å². The first kappa shape index (κ1) is 17.0. The Bertz CT molecular complexity index is 853. The summed E-state index contributed by atoms with van der Waals surface area (Å²) in [6.45, 7) is 2.08. The lowest BCUT2D eigenvalue weighted by molar-refractivity contribution is 0.262. The molecule has 128 valence electrons. The Morgan fingerprint density at radius 3 is 2.52 bits per heavy atom. The number of hydrogen-bond donors (Lipinski definition) is 2. The van der Waals surface area contributed by atoms with Gasteiger partial charge >= 0.3 is 6.03 Å². The predicted molar refractivity (Wildman–Crippen MR) is 97.5 cm³/mol. The number of para-hydroxylation sites is 1. The normalized spacial score (nSPS) is 11.8. The van der Waals surface area contributed by atoms with E-state index in [9.17, 15) is 9.18 Å². The third-order valence-corrected chi connectivity index (χ3v) is 4.64. The van der Waals surface area contributed by atoms with Gasteiger partial charge in [0.1, 0.15) is 10.8 Å². The molecule has 3 aromatic rings. The molecular weight excluding hydrogens is 339 g/mol. The molecular formula is C18H17FN4OS. The SMILES string of the molecule is CC[C@H](c1ccccc1)c1nnc(NC(=O)Nc2ccccc2F)s1. The Morgan fingerprint density at radius 1 is 1.08 bits per heavy atom. The number of benzene rings is 2. The molecule has 25 heavy (non-hydrogen) atoms. The second-order valence-corrected chi connectivity index (χ2v) is 6.39. The molecule has 7 heteroatoms. The summed E-state index contributed by atoms with van der Waals surface area (Å²) in [5.41, 5.74) is 1.27.